The molecule has 0 fully saturated rings. The Bertz CT molecular complexity index is 1210. The van der Waals surface area contributed by atoms with Crippen LogP contribution in [0.4, 0.5) is 11.5 Å². The number of nitrogens with one attached hydrogen (secondary N) is 1. The monoisotopic (exact) mass is 352 g/mol. The van der Waals surface area contributed by atoms with Crippen LogP contribution in [0.15, 0.2) is 48.5 Å². The Labute approximate surface area is 158 Å². The molecule has 1 aliphatic rings. The van der Waals surface area contributed by atoms with Crippen molar-refractivity contribution in [2.45, 2.75) is 32.6 Å². The van der Waals surface area contributed by atoms with Crippen molar-refractivity contribution in [2.24, 2.45) is 0 Å². The number of fused-ring (bicyclic) bond motifs is 4. The number of pyridine rings is 1. The first-order valence-electron chi connectivity index (χ1n) is 9.45. The molecule has 0 bridgehead atoms. The van der Waals surface area contributed by atoms with Crippen molar-refractivity contribution in [3.8, 4) is 6.07 Å². The van der Waals surface area contributed by atoms with Crippen LogP contribution >= 0.6 is 0 Å². The lowest BCUT2D eigenvalue weighted by molar-refractivity contribution is 0.680. The first kappa shape index (κ1) is 15.9. The number of para-hydroxylation sites is 2. The molecule has 4 aromatic rings. The average molecular weight is 352 g/mol. The van der Waals surface area contributed by atoms with E-state index in [1.807, 2.05) is 30.3 Å². The summed E-state index contributed by atoms with van der Waals surface area (Å²) >= 11 is 0. The molecule has 27 heavy (non-hydrogen) atoms. The van der Waals surface area contributed by atoms with Crippen LogP contribution in [0.2, 0.25) is 0 Å². The van der Waals surface area contributed by atoms with Gasteiger partial charge in [-0.1, -0.05) is 12.1 Å². The van der Waals surface area contributed by atoms with Crippen LogP contribution in [0.3, 0.4) is 0 Å². The van der Waals surface area contributed by atoms with Crippen LogP contribution in [0.5, 0.6) is 0 Å². The van der Waals surface area contributed by atoms with E-state index in [-0.39, 0.29) is 0 Å². The summed E-state index contributed by atoms with van der Waals surface area (Å²) in [5.41, 5.74) is 8.98. The van der Waals surface area contributed by atoms with E-state index in [4.69, 9.17) is 10.2 Å². The molecule has 1 aliphatic carbocycles. The minimum Gasteiger partial charge on any atom is -0.341 e. The first-order chi connectivity index (χ1) is 13.3. The second kappa shape index (κ2) is 6.14. The number of benzene rings is 2. The molecule has 2 aromatic heterocycles. The van der Waals surface area contributed by atoms with Crippen LogP contribution in [-0.4, -0.2) is 9.38 Å². The van der Waals surface area contributed by atoms with Crippen molar-refractivity contribution in [2.75, 3.05) is 5.32 Å². The lowest BCUT2D eigenvalue weighted by Gasteiger charge is -2.24. The SMILES string of the molecule is Cc1c2c(c(Nc3ccc(C#N)cc3)n3c1nc1ccccc13)CCCC2. The predicted octanol–water partition coefficient (Wildman–Crippen LogP) is 5.29. The summed E-state index contributed by atoms with van der Waals surface area (Å²) in [5.74, 6) is 1.11. The molecular weight excluding hydrogens is 332 g/mol. The van der Waals surface area contributed by atoms with Gasteiger partial charge < -0.3 is 5.32 Å². The molecule has 0 saturated carbocycles. The summed E-state index contributed by atoms with van der Waals surface area (Å²) < 4.78 is 2.27. The van der Waals surface area contributed by atoms with E-state index >= 15 is 0 Å². The van der Waals surface area contributed by atoms with Crippen LogP contribution in [-0.2, 0) is 12.8 Å². The van der Waals surface area contributed by atoms with E-state index in [0.717, 1.165) is 41.0 Å². The van der Waals surface area contributed by atoms with Gasteiger partial charge in [0.15, 0.2) is 0 Å². The molecule has 1 N–H and O–H groups in total. The average Bonchev–Trinajstić information content (AvgIpc) is 3.11. The van der Waals surface area contributed by atoms with Gasteiger partial charge in [0.2, 0.25) is 0 Å². The fourth-order valence-corrected chi connectivity index (χ4v) is 4.25. The molecule has 0 radical (unpaired) electrons. The molecule has 4 heteroatoms. The number of imidazole rings is 1. The number of nitrogens with zero attached hydrogens (tertiary/aromatic N) is 3. The predicted molar refractivity (Wildman–Crippen MR) is 109 cm³/mol. The van der Waals surface area contributed by atoms with Gasteiger partial charge in [0.25, 0.3) is 0 Å². The number of rotatable bonds is 2. The van der Waals surface area contributed by atoms with Crippen molar-refractivity contribution >= 4 is 28.2 Å². The van der Waals surface area contributed by atoms with Gasteiger partial charge in [-0.15, -0.1) is 0 Å². The third kappa shape index (κ3) is 2.47. The minimum atomic E-state index is 0.671. The van der Waals surface area contributed by atoms with Gasteiger partial charge in [-0.05, 0) is 85.7 Å². The van der Waals surface area contributed by atoms with Gasteiger partial charge in [-0.25, -0.2) is 4.98 Å². The third-order valence-electron chi connectivity index (χ3n) is 5.60. The van der Waals surface area contributed by atoms with E-state index < -0.39 is 0 Å². The zero-order valence-corrected chi connectivity index (χ0v) is 15.3. The summed E-state index contributed by atoms with van der Waals surface area (Å²) in [7, 11) is 0. The fraction of sp³-hybridized carbons (Fsp3) is 0.217. The van der Waals surface area contributed by atoms with Crippen molar-refractivity contribution in [3.05, 3.63) is 70.8 Å². The normalized spacial score (nSPS) is 13.5. The largest absolute Gasteiger partial charge is 0.341 e. The van der Waals surface area contributed by atoms with E-state index in [1.54, 1.807) is 0 Å². The minimum absolute atomic E-state index is 0.671. The Morgan fingerprint density at radius 1 is 1.00 bits per heavy atom. The lowest BCUT2D eigenvalue weighted by Crippen LogP contribution is -2.13. The second-order valence-electron chi connectivity index (χ2n) is 7.21. The Morgan fingerprint density at radius 3 is 2.52 bits per heavy atom. The highest BCUT2D eigenvalue weighted by Gasteiger charge is 2.22. The molecule has 2 heterocycles. The number of hydrogen-bond acceptors (Lipinski definition) is 3. The molecule has 132 valence electrons. The maximum atomic E-state index is 9.06. The van der Waals surface area contributed by atoms with Crippen LogP contribution in [0.1, 0.15) is 35.1 Å². The maximum Gasteiger partial charge on any atom is 0.142 e. The van der Waals surface area contributed by atoms with Gasteiger partial charge in [0.1, 0.15) is 11.5 Å². The van der Waals surface area contributed by atoms with Crippen LogP contribution in [0, 0.1) is 18.3 Å². The van der Waals surface area contributed by atoms with Gasteiger partial charge in [-0.3, -0.25) is 4.40 Å². The number of aromatic nitrogens is 2. The Hall–Kier alpha value is -3.32. The molecule has 4 nitrogen and oxygen atoms in total. The molecule has 0 unspecified atom stereocenters. The van der Waals surface area contributed by atoms with Crippen molar-refractivity contribution in [1.82, 2.24) is 9.38 Å². The number of hydrogen-bond donors (Lipinski definition) is 1. The smallest absolute Gasteiger partial charge is 0.142 e. The highest BCUT2D eigenvalue weighted by Crippen LogP contribution is 2.36. The summed E-state index contributed by atoms with van der Waals surface area (Å²) in [4.78, 5) is 4.93. The van der Waals surface area contributed by atoms with E-state index in [2.05, 4.69) is 40.9 Å². The van der Waals surface area contributed by atoms with Crippen LogP contribution < -0.4 is 5.32 Å². The number of anilines is 2. The van der Waals surface area contributed by atoms with Gasteiger partial charge in [0.05, 0.1) is 22.7 Å². The van der Waals surface area contributed by atoms with Crippen LogP contribution in [0.25, 0.3) is 16.7 Å². The quantitative estimate of drug-likeness (QED) is 0.533. The molecule has 0 aliphatic heterocycles. The van der Waals surface area contributed by atoms with Gasteiger partial charge in [-0.2, -0.15) is 5.26 Å². The summed E-state index contributed by atoms with van der Waals surface area (Å²) in [6.45, 7) is 2.21. The van der Waals surface area contributed by atoms with Crippen molar-refractivity contribution in [3.63, 3.8) is 0 Å². The molecule has 0 atom stereocenters. The lowest BCUT2D eigenvalue weighted by atomic mass is 9.89. The van der Waals surface area contributed by atoms with E-state index in [1.165, 1.54) is 29.5 Å². The van der Waals surface area contributed by atoms with Gasteiger partial charge >= 0.3 is 0 Å². The maximum absolute atomic E-state index is 9.06. The Balaban J connectivity index is 1.80. The second-order valence-corrected chi connectivity index (χ2v) is 7.21. The zero-order chi connectivity index (χ0) is 18.4. The summed E-state index contributed by atoms with van der Waals surface area (Å²) in [6, 6.07) is 18.1. The van der Waals surface area contributed by atoms with Crippen molar-refractivity contribution in [1.29, 1.82) is 5.26 Å². The Kier molecular flexibility index (Phi) is 3.61. The highest BCUT2D eigenvalue weighted by atomic mass is 15.1. The molecule has 2 aromatic carbocycles. The highest BCUT2D eigenvalue weighted by molar-refractivity contribution is 5.86. The molecule has 5 rings (SSSR count). The number of aryl methyl sites for hydroxylation is 1. The summed E-state index contributed by atoms with van der Waals surface area (Å²) in [6.07, 6.45) is 4.65. The third-order valence-corrected chi connectivity index (χ3v) is 5.60. The summed E-state index contributed by atoms with van der Waals surface area (Å²) in [5, 5.41) is 12.7. The standard InChI is InChI=1S/C23H20N4/c1-15-18-6-2-3-7-19(18)23(25-17-12-10-16(14-24)11-13-17)27-21-9-5-4-8-20(21)26-22(15)27/h4-5,8-13,25H,2-3,6-7H2,1H3. The topological polar surface area (TPSA) is 53.1 Å². The zero-order valence-electron chi connectivity index (χ0n) is 15.3. The van der Waals surface area contributed by atoms with E-state index in [9.17, 15) is 0 Å². The first-order valence-corrected chi connectivity index (χ1v) is 9.45. The van der Waals surface area contributed by atoms with Gasteiger partial charge in [0, 0.05) is 5.69 Å². The fourth-order valence-electron chi connectivity index (χ4n) is 4.25. The van der Waals surface area contributed by atoms with E-state index in [0.29, 0.717) is 5.56 Å². The van der Waals surface area contributed by atoms with Crippen molar-refractivity contribution < 1.29 is 0 Å². The molecular formula is C23H20N4. The Morgan fingerprint density at radius 2 is 1.74 bits per heavy atom. The molecule has 0 amide bonds. The molecule has 0 spiro atoms. The number of nitriles is 1. The molecule has 0 saturated heterocycles.